The number of nitrogens with zero attached hydrogens (tertiary/aromatic N) is 5. The molecule has 1 fully saturated rings. The van der Waals surface area contributed by atoms with Gasteiger partial charge in [-0.3, -0.25) is 28.6 Å². The molecule has 1 unspecified atom stereocenters. The van der Waals surface area contributed by atoms with Gasteiger partial charge in [0.2, 0.25) is 12.3 Å². The zero-order valence-electron chi connectivity index (χ0n) is 27.1. The summed E-state index contributed by atoms with van der Waals surface area (Å²) in [5.41, 5.74) is 2.85. The summed E-state index contributed by atoms with van der Waals surface area (Å²) in [5.74, 6) is -0.134. The molecule has 2 aromatic heterocycles. The predicted molar refractivity (Wildman–Crippen MR) is 172 cm³/mol. The van der Waals surface area contributed by atoms with E-state index in [-0.39, 0.29) is 42.3 Å². The number of rotatable bonds is 14. The van der Waals surface area contributed by atoms with Crippen molar-refractivity contribution in [2.75, 3.05) is 39.3 Å². The number of ether oxygens (including phenoxy) is 1. The monoisotopic (exact) mass is 650 g/mol. The van der Waals surface area contributed by atoms with E-state index in [0.717, 1.165) is 72.6 Å². The Balaban J connectivity index is 1.07. The van der Waals surface area contributed by atoms with E-state index < -0.39 is 5.91 Å². The number of halogens is 1. The van der Waals surface area contributed by atoms with Gasteiger partial charge in [-0.25, -0.2) is 9.37 Å². The minimum atomic E-state index is -0.457. The van der Waals surface area contributed by atoms with Crippen molar-refractivity contribution in [1.29, 1.82) is 0 Å². The lowest BCUT2D eigenvalue weighted by atomic mass is 9.91. The molecule has 12 nitrogen and oxygen atoms in total. The molecule has 2 aliphatic rings. The van der Waals surface area contributed by atoms with Crippen molar-refractivity contribution >= 4 is 29.2 Å². The second-order valence-corrected chi connectivity index (χ2v) is 12.2. The Kier molecular flexibility index (Phi) is 11.6. The van der Waals surface area contributed by atoms with Gasteiger partial charge in [0.05, 0.1) is 5.69 Å². The van der Waals surface area contributed by atoms with E-state index in [2.05, 4.69) is 15.4 Å². The maximum absolute atomic E-state index is 13.6. The Bertz CT molecular complexity index is 1660. The first kappa shape index (κ1) is 34.1. The normalized spacial score (nSPS) is 17.2. The van der Waals surface area contributed by atoms with Crippen LogP contribution in [0.5, 0.6) is 0 Å². The van der Waals surface area contributed by atoms with E-state index in [1.807, 2.05) is 6.92 Å². The first-order valence-corrected chi connectivity index (χ1v) is 16.4. The molecule has 13 heteroatoms. The van der Waals surface area contributed by atoms with E-state index in [1.165, 1.54) is 24.3 Å². The second-order valence-electron chi connectivity index (χ2n) is 12.2. The Morgan fingerprint density at radius 3 is 2.79 bits per heavy atom. The number of aryl methyl sites for hydroxylation is 1. The SMILES string of the molecule is C/C=C\C(=O)N(C=O)CCC(=O)NCCCOC1CCCn2c1nc(C)c(CCN1CCC(c3noc4cc(F)ccc34)CC1)c2=O. The zero-order chi connectivity index (χ0) is 33.3. The highest BCUT2D eigenvalue weighted by Crippen LogP contribution is 2.33. The summed E-state index contributed by atoms with van der Waals surface area (Å²) >= 11 is 0. The lowest BCUT2D eigenvalue weighted by Crippen LogP contribution is -2.38. The van der Waals surface area contributed by atoms with Gasteiger partial charge in [0.25, 0.3) is 11.5 Å². The molecule has 0 saturated carbocycles. The van der Waals surface area contributed by atoms with Crippen molar-refractivity contribution in [2.45, 2.75) is 77.4 Å². The fraction of sp³-hybridized carbons (Fsp3) is 0.529. The number of fused-ring (bicyclic) bond motifs is 2. The lowest BCUT2D eigenvalue weighted by Gasteiger charge is -2.31. The summed E-state index contributed by atoms with van der Waals surface area (Å²) in [4.78, 5) is 56.8. The van der Waals surface area contributed by atoms with Gasteiger partial charge in [-0.2, -0.15) is 0 Å². The number of imide groups is 1. The molecule has 0 bridgehead atoms. The van der Waals surface area contributed by atoms with Crippen LogP contribution in [-0.4, -0.2) is 82.1 Å². The van der Waals surface area contributed by atoms with E-state index in [0.29, 0.717) is 50.4 Å². The van der Waals surface area contributed by atoms with Gasteiger partial charge in [-0.15, -0.1) is 0 Å². The molecule has 0 radical (unpaired) electrons. The topological polar surface area (TPSA) is 140 Å². The quantitative estimate of drug-likeness (QED) is 0.158. The third-order valence-corrected chi connectivity index (χ3v) is 9.01. The number of carbonyl (C=O) groups excluding carboxylic acids is 3. The Hall–Kier alpha value is -4.23. The number of hydrogen-bond acceptors (Lipinski definition) is 9. The van der Waals surface area contributed by atoms with Gasteiger partial charge in [0.15, 0.2) is 5.58 Å². The Morgan fingerprint density at radius 2 is 2.02 bits per heavy atom. The van der Waals surface area contributed by atoms with E-state index in [9.17, 15) is 23.6 Å². The van der Waals surface area contributed by atoms with Crippen molar-refractivity contribution in [3.63, 3.8) is 0 Å². The van der Waals surface area contributed by atoms with Crippen LogP contribution in [0.3, 0.4) is 0 Å². The standard InChI is InChI=1S/C34H43FN6O6/c1-3-6-31(44)40(22-42)19-13-30(43)36-14-5-20-46-28-7-4-15-41-33(28)37-23(2)26(34(41)45)12-18-39-16-10-24(11-17-39)32-27-9-8-25(35)21-29(27)47-38-32/h3,6,8-9,21-22,24,28H,4-5,7,10-20H2,1-2H3,(H,36,43)/b6-3-. The number of amides is 3. The number of carbonyl (C=O) groups is 3. The molecule has 47 heavy (non-hydrogen) atoms. The number of allylic oxidation sites excluding steroid dienone is 1. The highest BCUT2D eigenvalue weighted by atomic mass is 19.1. The molecule has 3 amide bonds. The van der Waals surface area contributed by atoms with Crippen LogP contribution in [0.4, 0.5) is 4.39 Å². The molecule has 1 atom stereocenters. The highest BCUT2D eigenvalue weighted by Gasteiger charge is 2.28. The lowest BCUT2D eigenvalue weighted by molar-refractivity contribution is -0.134. The van der Waals surface area contributed by atoms with Crippen LogP contribution in [0.15, 0.2) is 39.7 Å². The molecule has 2 aliphatic heterocycles. The fourth-order valence-electron chi connectivity index (χ4n) is 6.41. The average Bonchev–Trinajstić information content (AvgIpc) is 3.48. The molecule has 1 N–H and O–H groups in total. The maximum Gasteiger partial charge on any atom is 0.257 e. The smallest absolute Gasteiger partial charge is 0.257 e. The number of piperidine rings is 1. The van der Waals surface area contributed by atoms with Crippen LogP contribution in [0.2, 0.25) is 0 Å². The van der Waals surface area contributed by atoms with Crippen molar-refractivity contribution < 1.29 is 28.0 Å². The van der Waals surface area contributed by atoms with Gasteiger partial charge in [0.1, 0.15) is 17.7 Å². The number of nitrogens with one attached hydrogen (secondary N) is 1. The van der Waals surface area contributed by atoms with Gasteiger partial charge < -0.3 is 19.5 Å². The number of hydrogen-bond donors (Lipinski definition) is 1. The summed E-state index contributed by atoms with van der Waals surface area (Å²) in [6, 6.07) is 4.55. The molecule has 3 aromatic rings. The fourth-order valence-corrected chi connectivity index (χ4v) is 6.41. The summed E-state index contributed by atoms with van der Waals surface area (Å²) in [5, 5.41) is 7.91. The largest absolute Gasteiger partial charge is 0.370 e. The van der Waals surface area contributed by atoms with Crippen LogP contribution in [0.25, 0.3) is 11.0 Å². The highest BCUT2D eigenvalue weighted by molar-refractivity contribution is 5.94. The first-order valence-electron chi connectivity index (χ1n) is 16.4. The van der Waals surface area contributed by atoms with Gasteiger partial charge >= 0.3 is 0 Å². The Labute approximate surface area is 272 Å². The predicted octanol–water partition coefficient (Wildman–Crippen LogP) is 3.56. The van der Waals surface area contributed by atoms with Crippen molar-refractivity contribution in [1.82, 2.24) is 29.8 Å². The van der Waals surface area contributed by atoms with E-state index >= 15 is 0 Å². The molecule has 4 heterocycles. The molecular formula is C34H43FN6O6. The van der Waals surface area contributed by atoms with E-state index in [1.54, 1.807) is 17.6 Å². The summed E-state index contributed by atoms with van der Waals surface area (Å²) < 4.78 is 26.8. The van der Waals surface area contributed by atoms with E-state index in [4.69, 9.17) is 14.2 Å². The minimum Gasteiger partial charge on any atom is -0.370 e. The van der Waals surface area contributed by atoms with Crippen LogP contribution < -0.4 is 10.9 Å². The number of benzene rings is 1. The van der Waals surface area contributed by atoms with Crippen molar-refractivity contribution in [3.05, 3.63) is 69.3 Å². The molecule has 0 spiro atoms. The van der Waals surface area contributed by atoms with Crippen molar-refractivity contribution in [3.8, 4) is 0 Å². The minimum absolute atomic E-state index is 0.00141. The zero-order valence-corrected chi connectivity index (χ0v) is 27.1. The first-order chi connectivity index (χ1) is 22.8. The van der Waals surface area contributed by atoms with Gasteiger partial charge in [0, 0.05) is 67.8 Å². The molecule has 0 aliphatic carbocycles. The maximum atomic E-state index is 13.6. The second kappa shape index (κ2) is 16.1. The van der Waals surface area contributed by atoms with Crippen molar-refractivity contribution in [2.24, 2.45) is 0 Å². The average molecular weight is 651 g/mol. The molecule has 1 saturated heterocycles. The van der Waals surface area contributed by atoms with Crippen LogP contribution in [0.1, 0.15) is 80.2 Å². The van der Waals surface area contributed by atoms with Crippen LogP contribution in [-0.2, 0) is 32.1 Å². The van der Waals surface area contributed by atoms with Crippen LogP contribution in [0, 0.1) is 12.7 Å². The summed E-state index contributed by atoms with van der Waals surface area (Å²) in [7, 11) is 0. The Morgan fingerprint density at radius 1 is 1.21 bits per heavy atom. The molecular weight excluding hydrogens is 607 g/mol. The van der Waals surface area contributed by atoms with Gasteiger partial charge in [-0.1, -0.05) is 11.2 Å². The molecule has 5 rings (SSSR count). The molecule has 252 valence electrons. The van der Waals surface area contributed by atoms with Gasteiger partial charge in [-0.05, 0) is 83.7 Å². The summed E-state index contributed by atoms with van der Waals surface area (Å²) in [6.45, 7) is 7.49. The number of aromatic nitrogens is 3. The molecule has 1 aromatic carbocycles. The summed E-state index contributed by atoms with van der Waals surface area (Å²) in [6.07, 6.45) is 7.58. The third kappa shape index (κ3) is 8.38. The number of likely N-dealkylation sites (tertiary alicyclic amines) is 1. The third-order valence-electron chi connectivity index (χ3n) is 9.01. The van der Waals surface area contributed by atoms with Crippen LogP contribution >= 0.6 is 0 Å².